The fourth-order valence-corrected chi connectivity index (χ4v) is 1.97. The minimum Gasteiger partial charge on any atom is -0.288 e. The van der Waals surface area contributed by atoms with Gasteiger partial charge in [-0.05, 0) is 23.9 Å². The molecule has 70 valence electrons. The van der Waals surface area contributed by atoms with E-state index in [0.29, 0.717) is 5.56 Å². The number of rotatable bonds is 2. The molecule has 0 unspecified atom stereocenters. The third-order valence-electron chi connectivity index (χ3n) is 1.78. The molecule has 0 saturated carbocycles. The van der Waals surface area contributed by atoms with Crippen LogP contribution < -0.4 is 0 Å². The molecule has 4 heteroatoms. The first-order valence-electron chi connectivity index (χ1n) is 4.12. The Morgan fingerprint density at radius 3 is 2.64 bits per heavy atom. The average Bonchev–Trinajstić information content (AvgIpc) is 2.65. The number of carbonyl (C=O) groups is 1. The maximum absolute atomic E-state index is 11.8. The highest BCUT2D eigenvalue weighted by atomic mass is 32.1. The Kier molecular flexibility index (Phi) is 2.37. The van der Waals surface area contributed by atoms with E-state index < -0.39 is 0 Å². The summed E-state index contributed by atoms with van der Waals surface area (Å²) in [4.78, 5) is 20.1. The predicted octanol–water partition coefficient (Wildman–Crippen LogP) is 2.08. The Hall–Kier alpha value is -1.55. The SMILES string of the molecule is Cc1csc(C(=O)c2cncnc2)c1. The quantitative estimate of drug-likeness (QED) is 0.703. The van der Waals surface area contributed by atoms with E-state index in [2.05, 4.69) is 9.97 Å². The summed E-state index contributed by atoms with van der Waals surface area (Å²) in [6.45, 7) is 1.97. The van der Waals surface area contributed by atoms with E-state index in [-0.39, 0.29) is 5.78 Å². The summed E-state index contributed by atoms with van der Waals surface area (Å²) in [7, 11) is 0. The zero-order valence-electron chi connectivity index (χ0n) is 7.60. The zero-order valence-corrected chi connectivity index (χ0v) is 8.41. The molecule has 0 aromatic carbocycles. The summed E-state index contributed by atoms with van der Waals surface area (Å²) < 4.78 is 0. The molecule has 0 bridgehead atoms. The van der Waals surface area contributed by atoms with Gasteiger partial charge in [-0.2, -0.15) is 0 Å². The van der Waals surface area contributed by atoms with Crippen LogP contribution in [0.2, 0.25) is 0 Å². The van der Waals surface area contributed by atoms with Gasteiger partial charge >= 0.3 is 0 Å². The van der Waals surface area contributed by atoms with E-state index in [1.807, 2.05) is 18.4 Å². The van der Waals surface area contributed by atoms with E-state index in [4.69, 9.17) is 0 Å². The number of hydrogen-bond acceptors (Lipinski definition) is 4. The summed E-state index contributed by atoms with van der Waals surface area (Å²) in [5.41, 5.74) is 1.64. The lowest BCUT2D eigenvalue weighted by atomic mass is 10.2. The van der Waals surface area contributed by atoms with Gasteiger partial charge in [-0.15, -0.1) is 11.3 Å². The molecule has 0 atom stereocenters. The molecule has 0 aliphatic rings. The number of ketones is 1. The van der Waals surface area contributed by atoms with Crippen molar-refractivity contribution in [2.45, 2.75) is 6.92 Å². The van der Waals surface area contributed by atoms with Crippen molar-refractivity contribution in [2.75, 3.05) is 0 Å². The second-order valence-corrected chi connectivity index (χ2v) is 3.86. The van der Waals surface area contributed by atoms with Crippen LogP contribution in [0.4, 0.5) is 0 Å². The summed E-state index contributed by atoms with van der Waals surface area (Å²) in [6.07, 6.45) is 4.48. The highest BCUT2D eigenvalue weighted by Crippen LogP contribution is 2.17. The maximum Gasteiger partial charge on any atom is 0.206 e. The number of aryl methyl sites for hydroxylation is 1. The van der Waals surface area contributed by atoms with Crippen LogP contribution >= 0.6 is 11.3 Å². The smallest absolute Gasteiger partial charge is 0.206 e. The maximum atomic E-state index is 11.8. The molecule has 0 N–H and O–H groups in total. The van der Waals surface area contributed by atoms with Gasteiger partial charge in [-0.1, -0.05) is 0 Å². The largest absolute Gasteiger partial charge is 0.288 e. The monoisotopic (exact) mass is 204 g/mol. The molecule has 0 spiro atoms. The normalized spacial score (nSPS) is 10.1. The fraction of sp³-hybridized carbons (Fsp3) is 0.100. The molecule has 0 fully saturated rings. The van der Waals surface area contributed by atoms with Crippen LogP contribution in [0.3, 0.4) is 0 Å². The van der Waals surface area contributed by atoms with Gasteiger partial charge in [0.1, 0.15) is 6.33 Å². The number of carbonyl (C=O) groups excluding carboxylic acids is 1. The molecule has 2 aromatic rings. The van der Waals surface area contributed by atoms with Crippen molar-refractivity contribution in [3.63, 3.8) is 0 Å². The minimum atomic E-state index is -0.0105. The summed E-state index contributed by atoms with van der Waals surface area (Å²) >= 11 is 1.45. The van der Waals surface area contributed by atoms with Crippen LogP contribution in [0.5, 0.6) is 0 Å². The molecular formula is C10H8N2OS. The first-order chi connectivity index (χ1) is 6.77. The topological polar surface area (TPSA) is 42.9 Å². The third-order valence-corrected chi connectivity index (χ3v) is 2.82. The van der Waals surface area contributed by atoms with Crippen molar-refractivity contribution >= 4 is 17.1 Å². The Morgan fingerprint density at radius 1 is 1.36 bits per heavy atom. The third kappa shape index (κ3) is 1.70. The van der Waals surface area contributed by atoms with Crippen molar-refractivity contribution in [3.8, 4) is 0 Å². The minimum absolute atomic E-state index is 0.0105. The van der Waals surface area contributed by atoms with Crippen LogP contribution in [-0.4, -0.2) is 15.8 Å². The molecular weight excluding hydrogens is 196 g/mol. The van der Waals surface area contributed by atoms with Crippen LogP contribution in [-0.2, 0) is 0 Å². The van der Waals surface area contributed by atoms with E-state index in [1.54, 1.807) is 0 Å². The van der Waals surface area contributed by atoms with Gasteiger partial charge in [0, 0.05) is 12.4 Å². The summed E-state index contributed by atoms with van der Waals surface area (Å²) in [5, 5.41) is 1.96. The Bertz CT molecular complexity index is 450. The van der Waals surface area contributed by atoms with Gasteiger partial charge in [0.15, 0.2) is 0 Å². The molecule has 3 nitrogen and oxygen atoms in total. The van der Waals surface area contributed by atoms with Crippen molar-refractivity contribution in [1.29, 1.82) is 0 Å². The Balaban J connectivity index is 2.34. The first-order valence-corrected chi connectivity index (χ1v) is 5.00. The second-order valence-electron chi connectivity index (χ2n) is 2.94. The van der Waals surface area contributed by atoms with Gasteiger partial charge in [0.05, 0.1) is 10.4 Å². The molecule has 0 radical (unpaired) electrons. The zero-order chi connectivity index (χ0) is 9.97. The molecule has 0 aliphatic heterocycles. The lowest BCUT2D eigenvalue weighted by molar-refractivity contribution is 0.104. The van der Waals surface area contributed by atoms with Gasteiger partial charge in [-0.3, -0.25) is 4.79 Å². The number of hydrogen-bond donors (Lipinski definition) is 0. The van der Waals surface area contributed by atoms with Crippen LogP contribution in [0, 0.1) is 6.92 Å². The van der Waals surface area contributed by atoms with Crippen LogP contribution in [0.15, 0.2) is 30.2 Å². The second kappa shape index (κ2) is 3.67. The fourth-order valence-electron chi connectivity index (χ4n) is 1.11. The molecule has 2 aromatic heterocycles. The highest BCUT2D eigenvalue weighted by Gasteiger charge is 2.10. The molecule has 2 heterocycles. The molecule has 0 amide bonds. The lowest BCUT2D eigenvalue weighted by Crippen LogP contribution is -1.99. The molecule has 14 heavy (non-hydrogen) atoms. The Labute approximate surface area is 85.5 Å². The molecule has 2 rings (SSSR count). The van der Waals surface area contributed by atoms with E-state index >= 15 is 0 Å². The van der Waals surface area contributed by atoms with Gasteiger partial charge in [0.2, 0.25) is 5.78 Å². The van der Waals surface area contributed by atoms with E-state index in [0.717, 1.165) is 10.4 Å². The summed E-state index contributed by atoms with van der Waals surface area (Å²) in [6, 6.07) is 1.88. The van der Waals surface area contributed by atoms with Gasteiger partial charge < -0.3 is 0 Å². The molecule has 0 aliphatic carbocycles. The van der Waals surface area contributed by atoms with Crippen LogP contribution in [0.25, 0.3) is 0 Å². The Morgan fingerprint density at radius 2 is 2.07 bits per heavy atom. The number of thiophene rings is 1. The van der Waals surface area contributed by atoms with Crippen molar-refractivity contribution in [3.05, 3.63) is 46.2 Å². The van der Waals surface area contributed by atoms with Gasteiger partial charge in [-0.25, -0.2) is 9.97 Å². The van der Waals surface area contributed by atoms with Crippen molar-refractivity contribution in [2.24, 2.45) is 0 Å². The lowest BCUT2D eigenvalue weighted by Gasteiger charge is -1.94. The first kappa shape index (κ1) is 9.02. The number of nitrogens with zero attached hydrogens (tertiary/aromatic N) is 2. The van der Waals surface area contributed by atoms with Gasteiger partial charge in [0.25, 0.3) is 0 Å². The molecule has 0 saturated heterocycles. The standard InChI is InChI=1S/C10H8N2OS/c1-7-2-9(14-5-7)10(13)8-3-11-6-12-4-8/h2-6H,1H3. The van der Waals surface area contributed by atoms with Crippen molar-refractivity contribution in [1.82, 2.24) is 9.97 Å². The predicted molar refractivity (Wildman–Crippen MR) is 54.5 cm³/mol. The summed E-state index contributed by atoms with van der Waals surface area (Å²) in [5.74, 6) is -0.0105. The van der Waals surface area contributed by atoms with E-state index in [1.165, 1.54) is 30.1 Å². The number of aromatic nitrogens is 2. The highest BCUT2D eigenvalue weighted by molar-refractivity contribution is 7.12. The van der Waals surface area contributed by atoms with E-state index in [9.17, 15) is 4.79 Å². The van der Waals surface area contributed by atoms with Crippen LogP contribution in [0.1, 0.15) is 20.8 Å². The average molecular weight is 204 g/mol. The van der Waals surface area contributed by atoms with Crippen molar-refractivity contribution < 1.29 is 4.79 Å².